The van der Waals surface area contributed by atoms with E-state index in [2.05, 4.69) is 43.1 Å². The Balaban J connectivity index is 1.34. The van der Waals surface area contributed by atoms with Gasteiger partial charge in [-0.05, 0) is 112 Å². The molecular weight excluding hydrogens is 752 g/mol. The molecule has 0 saturated heterocycles. The van der Waals surface area contributed by atoms with Crippen LogP contribution in [0.25, 0.3) is 0 Å². The Hall–Kier alpha value is -4.35. The number of aryl methyl sites for hydroxylation is 2. The number of hydrogen-bond donors (Lipinski definition) is 2. The Morgan fingerprint density at radius 3 is 2.80 bits per heavy atom. The molecule has 6 atom stereocenters. The van der Waals surface area contributed by atoms with E-state index in [4.69, 9.17) is 21.1 Å². The number of allylic oxidation sites excluding steroid dienone is 1. The summed E-state index contributed by atoms with van der Waals surface area (Å²) in [6, 6.07) is 11.3. The van der Waals surface area contributed by atoms with E-state index in [1.54, 1.807) is 31.3 Å². The Morgan fingerprint density at radius 2 is 2.05 bits per heavy atom. The molecule has 2 aliphatic carbocycles. The third-order valence-corrected chi connectivity index (χ3v) is 13.8. The highest BCUT2D eigenvalue weighted by molar-refractivity contribution is 7.92. The number of rotatable bonds is 4. The van der Waals surface area contributed by atoms with E-state index in [9.17, 15) is 18.9 Å². The lowest BCUT2D eigenvalue weighted by molar-refractivity contribution is -0.00326. The molecule has 1 fully saturated rings. The number of ether oxygens (including phenoxy) is 2. The normalized spacial score (nSPS) is 29.3. The number of amides is 2. The van der Waals surface area contributed by atoms with Crippen LogP contribution < -0.4 is 19.1 Å². The van der Waals surface area contributed by atoms with Crippen LogP contribution in [0.3, 0.4) is 0 Å². The summed E-state index contributed by atoms with van der Waals surface area (Å²) in [7, 11) is 3.22. The van der Waals surface area contributed by atoms with E-state index in [1.807, 2.05) is 38.1 Å². The number of methoxy groups -OCH3 is 1. The van der Waals surface area contributed by atoms with Crippen LogP contribution in [0.15, 0.2) is 59.1 Å². The fourth-order valence-electron chi connectivity index (χ4n) is 8.69. The lowest BCUT2D eigenvalue weighted by Gasteiger charge is -2.47. The Morgan fingerprint density at radius 1 is 1.23 bits per heavy atom. The van der Waals surface area contributed by atoms with E-state index >= 15 is 0 Å². The zero-order valence-electron chi connectivity index (χ0n) is 32.7. The van der Waals surface area contributed by atoms with Gasteiger partial charge < -0.3 is 19.5 Å². The molecule has 4 aliphatic rings. The van der Waals surface area contributed by atoms with Crippen molar-refractivity contribution in [1.82, 2.24) is 19.4 Å². The molecule has 3 heterocycles. The van der Waals surface area contributed by atoms with Gasteiger partial charge in [-0.25, -0.2) is 4.21 Å². The number of carbonyl (C=O) groups is 2. The molecule has 2 aliphatic heterocycles. The molecule has 12 nitrogen and oxygen atoms in total. The SMILES string of the molecule is COc1nn(C)cc1C(=O)N[S@@]1(=O)=NC(=O)c2ccc3c(c2)N(C[C@@H]2CC[C@H]2[C@](O)(C#CCN(C)C)/C=C/C[C@H](C)C1)C[C@@]1(CCCc2cc(Cl)ccc21)CO3. The third kappa shape index (κ3) is 8.21. The van der Waals surface area contributed by atoms with Crippen molar-refractivity contribution in [3.05, 3.63) is 82.0 Å². The third-order valence-electron chi connectivity index (χ3n) is 11.5. The molecular formula is C42H51ClN6O6S. The summed E-state index contributed by atoms with van der Waals surface area (Å²) < 4.78 is 34.9. The second-order valence-electron chi connectivity index (χ2n) is 16.2. The van der Waals surface area contributed by atoms with Crippen molar-refractivity contribution in [3.63, 3.8) is 0 Å². The minimum absolute atomic E-state index is 0.0553. The first kappa shape index (κ1) is 39.9. The van der Waals surface area contributed by atoms with Crippen molar-refractivity contribution in [2.24, 2.45) is 29.2 Å². The first-order valence-corrected chi connectivity index (χ1v) is 21.3. The van der Waals surface area contributed by atoms with Gasteiger partial charge in [0.25, 0.3) is 11.8 Å². The molecule has 2 aromatic carbocycles. The van der Waals surface area contributed by atoms with Crippen molar-refractivity contribution in [1.29, 1.82) is 0 Å². The molecule has 0 radical (unpaired) electrons. The highest BCUT2D eigenvalue weighted by Gasteiger charge is 2.47. The maximum atomic E-state index is 14.7. The summed E-state index contributed by atoms with van der Waals surface area (Å²) in [5.41, 5.74) is 1.69. The van der Waals surface area contributed by atoms with Gasteiger partial charge in [-0.15, -0.1) is 9.46 Å². The van der Waals surface area contributed by atoms with Gasteiger partial charge >= 0.3 is 0 Å². The minimum atomic E-state index is -3.69. The van der Waals surface area contributed by atoms with E-state index in [0.717, 1.165) is 37.8 Å². The number of anilines is 1. The van der Waals surface area contributed by atoms with E-state index in [1.165, 1.54) is 29.1 Å². The molecule has 2 bridgehead atoms. The van der Waals surface area contributed by atoms with Crippen molar-refractivity contribution in [2.75, 3.05) is 58.1 Å². The van der Waals surface area contributed by atoms with Crippen molar-refractivity contribution in [3.8, 4) is 23.5 Å². The van der Waals surface area contributed by atoms with Crippen LogP contribution in [0.1, 0.15) is 70.9 Å². The molecule has 56 heavy (non-hydrogen) atoms. The monoisotopic (exact) mass is 802 g/mol. The van der Waals surface area contributed by atoms with Gasteiger partial charge in [-0.2, -0.15) is 0 Å². The fraction of sp³-hybridized carbons (Fsp3) is 0.500. The summed E-state index contributed by atoms with van der Waals surface area (Å²) >= 11 is 6.48. The van der Waals surface area contributed by atoms with E-state index < -0.39 is 27.3 Å². The minimum Gasteiger partial charge on any atom is -0.490 e. The van der Waals surface area contributed by atoms with Crippen LogP contribution in [-0.2, 0) is 28.8 Å². The van der Waals surface area contributed by atoms with Crippen LogP contribution in [0, 0.1) is 29.6 Å². The number of nitrogens with zero attached hydrogens (tertiary/aromatic N) is 5. The second-order valence-corrected chi connectivity index (χ2v) is 18.6. The summed E-state index contributed by atoms with van der Waals surface area (Å²) in [6.07, 6.45) is 10.1. The second kappa shape index (κ2) is 15.9. The standard InChI is InChI=1S/C42H51ClN6O6S/c1-28-9-6-18-42(52,19-8-20-47(2)3)35-14-11-31(35)23-49-26-41(17-7-10-29-21-32(43)13-15-34(29)41)27-55-37-16-12-30(22-36(37)49)38(50)45-56(53,25-28)46-39(51)33-24-48(4)44-40(33)54-5/h6,12-13,15-16,18,21-22,24,28,31,35,52H,7,9-11,14,17,20,23,25-27H2,1-5H3,(H,45,46,50,51,53)/b18-6+/t28-,31-,35+,41-,42+,56-/m0/s1. The summed E-state index contributed by atoms with van der Waals surface area (Å²) in [6.45, 7) is 4.02. The predicted molar refractivity (Wildman–Crippen MR) is 218 cm³/mol. The molecule has 298 valence electrons. The number of aliphatic hydroxyl groups is 1. The van der Waals surface area contributed by atoms with Crippen molar-refractivity contribution < 1.29 is 28.4 Å². The number of aromatic nitrogens is 2. The van der Waals surface area contributed by atoms with Crippen LogP contribution in [0.2, 0.25) is 5.02 Å². The van der Waals surface area contributed by atoms with Gasteiger partial charge in [0.2, 0.25) is 5.88 Å². The average molecular weight is 803 g/mol. The Labute approximate surface area is 334 Å². The van der Waals surface area contributed by atoms with Crippen LogP contribution in [0.4, 0.5) is 5.69 Å². The first-order chi connectivity index (χ1) is 26.7. The molecule has 2 amide bonds. The lowest BCUT2D eigenvalue weighted by atomic mass is 9.64. The van der Waals surface area contributed by atoms with Crippen LogP contribution >= 0.6 is 11.6 Å². The molecule has 2 N–H and O–H groups in total. The van der Waals surface area contributed by atoms with Gasteiger partial charge in [-0.1, -0.05) is 42.5 Å². The number of carbonyl (C=O) groups excluding carboxylic acids is 2. The lowest BCUT2D eigenvalue weighted by Crippen LogP contribution is -2.52. The largest absolute Gasteiger partial charge is 0.490 e. The van der Waals surface area contributed by atoms with Gasteiger partial charge in [0.15, 0.2) is 0 Å². The van der Waals surface area contributed by atoms with Gasteiger partial charge in [0, 0.05) is 48.3 Å². The average Bonchev–Trinajstić information content (AvgIpc) is 3.44. The number of benzene rings is 2. The zero-order chi connectivity index (χ0) is 39.8. The van der Waals surface area contributed by atoms with Crippen molar-refractivity contribution in [2.45, 2.75) is 56.5 Å². The number of halogens is 1. The molecule has 14 heteroatoms. The van der Waals surface area contributed by atoms with E-state index in [0.29, 0.717) is 43.4 Å². The molecule has 1 spiro atoms. The first-order valence-electron chi connectivity index (χ1n) is 19.2. The van der Waals surface area contributed by atoms with Gasteiger partial charge in [-0.3, -0.25) is 23.9 Å². The quantitative estimate of drug-likeness (QED) is 0.262. The molecule has 1 saturated carbocycles. The maximum absolute atomic E-state index is 14.7. The number of hydrogen-bond acceptors (Lipinski definition) is 9. The predicted octanol–water partition coefficient (Wildman–Crippen LogP) is 5.43. The molecule has 3 aromatic rings. The molecule has 1 aromatic heterocycles. The van der Waals surface area contributed by atoms with Crippen LogP contribution in [-0.4, -0.2) is 94.6 Å². The van der Waals surface area contributed by atoms with Gasteiger partial charge in [0.05, 0.1) is 31.7 Å². The highest BCUT2D eigenvalue weighted by Crippen LogP contribution is 2.48. The Kier molecular flexibility index (Phi) is 11.3. The van der Waals surface area contributed by atoms with Crippen molar-refractivity contribution >= 4 is 39.0 Å². The fourth-order valence-corrected chi connectivity index (χ4v) is 10.8. The Bertz CT molecular complexity index is 2240. The number of fused-ring (bicyclic) bond motifs is 4. The van der Waals surface area contributed by atoms with E-state index in [-0.39, 0.29) is 45.9 Å². The zero-order valence-corrected chi connectivity index (χ0v) is 34.3. The molecule has 0 unspecified atom stereocenters. The summed E-state index contributed by atoms with van der Waals surface area (Å²) in [5, 5.41) is 17.3. The topological polar surface area (TPSA) is 139 Å². The smallest absolute Gasteiger partial charge is 0.286 e. The molecule has 7 rings (SSSR count). The highest BCUT2D eigenvalue weighted by atomic mass is 35.5. The van der Waals surface area contributed by atoms with Gasteiger partial charge in [0.1, 0.15) is 26.8 Å². The van der Waals surface area contributed by atoms with Crippen LogP contribution in [0.5, 0.6) is 11.6 Å². The maximum Gasteiger partial charge on any atom is 0.286 e. The summed E-state index contributed by atoms with van der Waals surface area (Å²) in [5.74, 6) is 5.20. The number of nitrogens with one attached hydrogen (secondary N) is 1. The summed E-state index contributed by atoms with van der Waals surface area (Å²) in [4.78, 5) is 32.0.